The standard InChI is InChI=1S/2C17H11ClF2N6O.C17H11F3N6O.C16H10I2N6O.CH4/c3*1-8-2-4-12(10(19)6-8)21-14-15(24-17-16(23-14)25-27-26-17)22-13-5-3-9(18)7-11(13)20;17-9-5-1-3-7-11(9)19-13-14(20-12-8-4-2-6-10(12)18)22-16-15(21-13)23-25-24-16;/h3*2-7H,1H3,(H,21,23,25)(H,22,24,26);1-8H,(H,19,21,23)(H,20,22,24);1H4. The summed E-state index contributed by atoms with van der Waals surface area (Å²) in [5.41, 5.74) is 6.08. The molecule has 16 aromatic rings. The van der Waals surface area contributed by atoms with E-state index in [1.54, 1.807) is 51.1 Å². The number of fused-ring (bicyclic) bond motifs is 4. The molecule has 8 heterocycles. The number of aryl methyl sites for hydroxylation is 3. The molecule has 39 heteroatoms. The number of para-hydroxylation sites is 2. The minimum absolute atomic E-state index is 0. The van der Waals surface area contributed by atoms with E-state index in [1.807, 2.05) is 48.5 Å². The Morgan fingerprint density at radius 3 is 0.720 bits per heavy atom. The fraction of sp³-hybridized carbons (Fsp3) is 0.0588. The molecular weight excluding hydrogens is 1670 g/mol. The summed E-state index contributed by atoms with van der Waals surface area (Å²) >= 11 is 16.1. The zero-order valence-corrected chi connectivity index (χ0v) is 59.8. The van der Waals surface area contributed by atoms with E-state index in [2.05, 4.69) is 183 Å². The maximum atomic E-state index is 14.2. The normalized spacial score (nSPS) is 10.8. The first kappa shape index (κ1) is 74.4. The van der Waals surface area contributed by atoms with Crippen molar-refractivity contribution in [3.05, 3.63) is 232 Å². The van der Waals surface area contributed by atoms with Crippen LogP contribution in [0.3, 0.4) is 0 Å². The number of benzene rings is 8. The zero-order chi connectivity index (χ0) is 74.1. The lowest BCUT2D eigenvalue weighted by molar-refractivity contribution is 0.314. The van der Waals surface area contributed by atoms with Gasteiger partial charge >= 0.3 is 0 Å². The highest BCUT2D eigenvalue weighted by molar-refractivity contribution is 14.1. The topological polar surface area (TPSA) is 355 Å². The molecule has 0 saturated carbocycles. The van der Waals surface area contributed by atoms with Gasteiger partial charge in [0.1, 0.15) is 40.7 Å². The molecule has 0 aliphatic heterocycles. The van der Waals surface area contributed by atoms with Gasteiger partial charge in [-0.1, -0.05) is 73.1 Å². The van der Waals surface area contributed by atoms with Crippen LogP contribution >= 0.6 is 68.4 Å². The van der Waals surface area contributed by atoms with Gasteiger partial charge in [0.2, 0.25) is 45.2 Å². The Kier molecular flexibility index (Phi) is 23.0. The molecule has 0 radical (unpaired) electrons. The fourth-order valence-electron chi connectivity index (χ4n) is 9.33. The van der Waals surface area contributed by atoms with Crippen LogP contribution < -0.4 is 42.5 Å². The third-order valence-electron chi connectivity index (χ3n) is 14.4. The number of hydrogen-bond acceptors (Lipinski definition) is 28. The first-order valence-corrected chi connectivity index (χ1v) is 33.4. The second kappa shape index (κ2) is 33.2. The maximum Gasteiger partial charge on any atom is 0.245 e. The van der Waals surface area contributed by atoms with Crippen molar-refractivity contribution in [2.45, 2.75) is 28.2 Å². The van der Waals surface area contributed by atoms with Crippen molar-refractivity contribution < 1.29 is 49.2 Å². The molecule has 0 unspecified atom stereocenters. The van der Waals surface area contributed by atoms with Gasteiger partial charge in [-0.2, -0.15) is 0 Å². The largest absolute Gasteiger partial charge is 0.336 e. The summed E-state index contributed by atoms with van der Waals surface area (Å²) in [5.74, 6) is -2.53. The molecule has 8 N–H and O–H groups in total. The van der Waals surface area contributed by atoms with Crippen molar-refractivity contribution in [3.8, 4) is 0 Å². The molecule has 8 aromatic heterocycles. The Morgan fingerprint density at radius 2 is 0.486 bits per heavy atom. The lowest BCUT2D eigenvalue weighted by atomic mass is 10.2. The molecule has 107 heavy (non-hydrogen) atoms. The number of nitrogens with one attached hydrogen (secondary N) is 8. The van der Waals surface area contributed by atoms with E-state index in [0.29, 0.717) is 22.9 Å². The minimum atomic E-state index is -0.831. The molecule has 0 bridgehead atoms. The number of aromatic nitrogens is 16. The van der Waals surface area contributed by atoms with Gasteiger partial charge in [-0.25, -0.2) is 89.1 Å². The molecular formula is C68H47Cl2F7I2N24O4. The van der Waals surface area contributed by atoms with E-state index in [9.17, 15) is 30.7 Å². The van der Waals surface area contributed by atoms with Gasteiger partial charge in [0, 0.05) is 23.3 Å². The molecule has 0 amide bonds. The minimum Gasteiger partial charge on any atom is -0.336 e. The molecule has 0 aliphatic carbocycles. The Hall–Kier alpha value is -12.4. The SMILES string of the molecule is C.Cc1ccc(Nc2nc3nonc3nc2Nc2ccc(Cl)cc2F)c(F)c1.Cc1ccc(Nc2nc3nonc3nc2Nc2ccc(Cl)cc2F)c(F)c1.Cc1ccc(Nc2nc3nonc3nc2Nc2ccc(F)cc2F)c(F)c1.Ic1ccccc1Nc1nc2nonc2nc1Nc1ccccc1I. The summed E-state index contributed by atoms with van der Waals surface area (Å²) < 4.78 is 119. The number of anilines is 16. The Balaban J connectivity index is 0.000000133. The van der Waals surface area contributed by atoms with E-state index in [0.717, 1.165) is 59.5 Å². The summed E-state index contributed by atoms with van der Waals surface area (Å²) in [7, 11) is 0. The Morgan fingerprint density at radius 1 is 0.271 bits per heavy atom. The quantitative estimate of drug-likeness (QED) is 0.0329. The highest BCUT2D eigenvalue weighted by Gasteiger charge is 2.22. The lowest BCUT2D eigenvalue weighted by Gasteiger charge is -2.13. The number of nitrogens with zero attached hydrogens (tertiary/aromatic N) is 16. The molecule has 0 atom stereocenters. The predicted octanol–water partition coefficient (Wildman–Crippen LogP) is 19.1. The first-order chi connectivity index (χ1) is 51.2. The summed E-state index contributed by atoms with van der Waals surface area (Å²) in [4.78, 5) is 34.2. The molecule has 0 spiro atoms. The molecule has 540 valence electrons. The van der Waals surface area contributed by atoms with Crippen LogP contribution in [0.5, 0.6) is 0 Å². The maximum absolute atomic E-state index is 14.2. The van der Waals surface area contributed by atoms with E-state index in [4.69, 9.17) is 27.8 Å². The second-order valence-corrected chi connectivity index (χ2v) is 25.3. The van der Waals surface area contributed by atoms with Crippen LogP contribution in [0.25, 0.3) is 45.2 Å². The fourth-order valence-corrected chi connectivity index (χ4v) is 10.7. The molecule has 28 nitrogen and oxygen atoms in total. The summed E-state index contributed by atoms with van der Waals surface area (Å²) in [6.45, 7) is 5.30. The van der Waals surface area contributed by atoms with Crippen LogP contribution in [0.4, 0.5) is 123 Å². The third-order valence-corrected chi connectivity index (χ3v) is 16.7. The van der Waals surface area contributed by atoms with Crippen LogP contribution in [0.2, 0.25) is 10.0 Å². The van der Waals surface area contributed by atoms with Gasteiger partial charge in [0.25, 0.3) is 0 Å². The van der Waals surface area contributed by atoms with Crippen molar-refractivity contribution in [1.82, 2.24) is 81.1 Å². The monoisotopic (exact) mass is 1720 g/mol. The van der Waals surface area contributed by atoms with Crippen molar-refractivity contribution in [3.63, 3.8) is 0 Å². The smallest absolute Gasteiger partial charge is 0.245 e. The van der Waals surface area contributed by atoms with E-state index < -0.39 is 40.7 Å². The van der Waals surface area contributed by atoms with Crippen molar-refractivity contribution in [1.29, 1.82) is 0 Å². The summed E-state index contributed by atoms with van der Waals surface area (Å²) in [6, 6.07) is 41.0. The Labute approximate surface area is 634 Å². The summed E-state index contributed by atoms with van der Waals surface area (Å²) in [6.07, 6.45) is 0. The van der Waals surface area contributed by atoms with Gasteiger partial charge in [-0.15, -0.1) is 0 Å². The third kappa shape index (κ3) is 18.2. The van der Waals surface area contributed by atoms with Crippen LogP contribution in [0, 0.1) is 68.6 Å². The lowest BCUT2D eigenvalue weighted by Crippen LogP contribution is -2.05. The highest BCUT2D eigenvalue weighted by atomic mass is 127. The van der Waals surface area contributed by atoms with Crippen LogP contribution in [-0.2, 0) is 0 Å². The van der Waals surface area contributed by atoms with Crippen molar-refractivity contribution in [2.75, 3.05) is 42.5 Å². The van der Waals surface area contributed by atoms with Crippen LogP contribution in [0.1, 0.15) is 24.1 Å². The average molecular weight is 1720 g/mol. The number of rotatable bonds is 16. The first-order valence-electron chi connectivity index (χ1n) is 30.5. The van der Waals surface area contributed by atoms with Gasteiger partial charge < -0.3 is 42.5 Å². The van der Waals surface area contributed by atoms with Crippen LogP contribution in [0.15, 0.2) is 176 Å². The van der Waals surface area contributed by atoms with Crippen LogP contribution in [-0.4, -0.2) is 81.1 Å². The summed E-state index contributed by atoms with van der Waals surface area (Å²) in [5, 5.41) is 53.1. The van der Waals surface area contributed by atoms with Gasteiger partial charge in [0.15, 0.2) is 46.5 Å². The van der Waals surface area contributed by atoms with Crippen molar-refractivity contribution in [2.24, 2.45) is 0 Å². The van der Waals surface area contributed by atoms with E-state index >= 15 is 0 Å². The average Bonchev–Trinajstić information content (AvgIpc) is 1.79. The van der Waals surface area contributed by atoms with Gasteiger partial charge in [-0.3, -0.25) is 0 Å². The molecule has 0 aliphatic rings. The molecule has 0 saturated heterocycles. The number of halogens is 11. The van der Waals surface area contributed by atoms with E-state index in [-0.39, 0.29) is 120 Å². The molecule has 16 rings (SSSR count). The zero-order valence-electron chi connectivity index (χ0n) is 54.0. The second-order valence-electron chi connectivity index (χ2n) is 22.1. The highest BCUT2D eigenvalue weighted by Crippen LogP contribution is 2.36. The van der Waals surface area contributed by atoms with Gasteiger partial charge in [0.05, 0.1) is 45.5 Å². The van der Waals surface area contributed by atoms with E-state index in [1.165, 1.54) is 54.6 Å². The predicted molar refractivity (Wildman–Crippen MR) is 403 cm³/mol. The molecule has 0 fully saturated rings. The Bertz CT molecular complexity index is 5160. The number of hydrogen-bond donors (Lipinski definition) is 8. The van der Waals surface area contributed by atoms with Gasteiger partial charge in [-0.05, 0) is 233 Å². The van der Waals surface area contributed by atoms with Crippen molar-refractivity contribution >= 4 is 206 Å². The molecule has 8 aromatic carbocycles.